The molecule has 0 saturated carbocycles. The van der Waals surface area contributed by atoms with Crippen molar-refractivity contribution >= 4 is 23.2 Å². The van der Waals surface area contributed by atoms with Crippen LogP contribution in [0, 0.1) is 0 Å². The van der Waals surface area contributed by atoms with Gasteiger partial charge in [0, 0.05) is 17.4 Å². The van der Waals surface area contributed by atoms with Crippen LogP contribution in [0.4, 0.5) is 11.4 Å². The summed E-state index contributed by atoms with van der Waals surface area (Å²) in [6, 6.07) is 6.64. The number of nitrogens with one attached hydrogen (secondary N) is 2. The number of amides is 2. The van der Waals surface area contributed by atoms with Gasteiger partial charge in [0.2, 0.25) is 11.8 Å². The Labute approximate surface area is 125 Å². The van der Waals surface area contributed by atoms with Gasteiger partial charge in [-0.1, -0.05) is 6.07 Å². The van der Waals surface area contributed by atoms with E-state index in [1.807, 2.05) is 13.8 Å². The quantitative estimate of drug-likeness (QED) is 0.684. The van der Waals surface area contributed by atoms with Gasteiger partial charge < -0.3 is 16.4 Å². The number of carbonyl (C=O) groups is 2. The molecule has 116 valence electrons. The SMILES string of the molecule is CC(C)NC(=O)CN(C)C(C)C(=O)Nc1cccc(N)c1. The van der Waals surface area contributed by atoms with Crippen molar-refractivity contribution in [1.29, 1.82) is 0 Å². The van der Waals surface area contributed by atoms with E-state index in [4.69, 9.17) is 5.73 Å². The van der Waals surface area contributed by atoms with Gasteiger partial charge in [0.1, 0.15) is 0 Å². The molecule has 1 atom stereocenters. The first-order valence-corrected chi connectivity index (χ1v) is 6.95. The molecule has 1 aromatic rings. The fraction of sp³-hybridized carbons (Fsp3) is 0.467. The first kappa shape index (κ1) is 17.0. The number of nitrogens with zero attached hydrogens (tertiary/aromatic N) is 1. The molecule has 1 unspecified atom stereocenters. The minimum atomic E-state index is -0.427. The van der Waals surface area contributed by atoms with Crippen molar-refractivity contribution in [1.82, 2.24) is 10.2 Å². The summed E-state index contributed by atoms with van der Waals surface area (Å²) >= 11 is 0. The number of hydrogen-bond acceptors (Lipinski definition) is 4. The molecule has 0 bridgehead atoms. The van der Waals surface area contributed by atoms with Crippen LogP contribution in [0.15, 0.2) is 24.3 Å². The summed E-state index contributed by atoms with van der Waals surface area (Å²) in [4.78, 5) is 25.5. The molecule has 4 N–H and O–H groups in total. The van der Waals surface area contributed by atoms with Crippen molar-refractivity contribution < 1.29 is 9.59 Å². The number of carbonyl (C=O) groups excluding carboxylic acids is 2. The highest BCUT2D eigenvalue weighted by atomic mass is 16.2. The molecule has 0 spiro atoms. The molecule has 6 heteroatoms. The molecule has 2 amide bonds. The first-order valence-electron chi connectivity index (χ1n) is 6.95. The zero-order valence-electron chi connectivity index (χ0n) is 13.0. The fourth-order valence-electron chi connectivity index (χ4n) is 1.79. The summed E-state index contributed by atoms with van der Waals surface area (Å²) in [5, 5.41) is 5.58. The summed E-state index contributed by atoms with van der Waals surface area (Å²) in [6.45, 7) is 5.72. The first-order chi connectivity index (χ1) is 9.79. The Kier molecular flexibility index (Phi) is 6.17. The van der Waals surface area contributed by atoms with E-state index in [0.29, 0.717) is 11.4 Å². The zero-order chi connectivity index (χ0) is 16.0. The van der Waals surface area contributed by atoms with E-state index in [9.17, 15) is 9.59 Å². The average Bonchev–Trinajstić information content (AvgIpc) is 2.36. The van der Waals surface area contributed by atoms with E-state index in [-0.39, 0.29) is 24.4 Å². The lowest BCUT2D eigenvalue weighted by Gasteiger charge is -2.23. The Morgan fingerprint density at radius 2 is 1.95 bits per heavy atom. The molecular formula is C15H24N4O2. The van der Waals surface area contributed by atoms with E-state index < -0.39 is 6.04 Å². The average molecular weight is 292 g/mol. The van der Waals surface area contributed by atoms with Crippen LogP contribution < -0.4 is 16.4 Å². The van der Waals surface area contributed by atoms with Crippen molar-refractivity contribution in [2.24, 2.45) is 0 Å². The highest BCUT2D eigenvalue weighted by molar-refractivity contribution is 5.95. The van der Waals surface area contributed by atoms with Gasteiger partial charge in [-0.05, 0) is 46.0 Å². The monoisotopic (exact) mass is 292 g/mol. The predicted molar refractivity (Wildman–Crippen MR) is 84.9 cm³/mol. The molecular weight excluding hydrogens is 268 g/mol. The minimum absolute atomic E-state index is 0.0855. The van der Waals surface area contributed by atoms with Crippen molar-refractivity contribution in [3.05, 3.63) is 24.3 Å². The molecule has 1 rings (SSSR count). The van der Waals surface area contributed by atoms with Crippen molar-refractivity contribution in [3.63, 3.8) is 0 Å². The van der Waals surface area contributed by atoms with Gasteiger partial charge in [0.05, 0.1) is 12.6 Å². The van der Waals surface area contributed by atoms with Gasteiger partial charge in [-0.2, -0.15) is 0 Å². The molecule has 21 heavy (non-hydrogen) atoms. The second kappa shape index (κ2) is 7.64. The van der Waals surface area contributed by atoms with Gasteiger partial charge in [-0.3, -0.25) is 14.5 Å². The maximum atomic E-state index is 12.1. The van der Waals surface area contributed by atoms with E-state index in [0.717, 1.165) is 0 Å². The summed E-state index contributed by atoms with van der Waals surface area (Å²) in [6.07, 6.45) is 0. The molecule has 0 aliphatic carbocycles. The highest BCUT2D eigenvalue weighted by Gasteiger charge is 2.20. The van der Waals surface area contributed by atoms with Crippen LogP contribution in [0.5, 0.6) is 0 Å². The van der Waals surface area contributed by atoms with Crippen LogP contribution in [0.2, 0.25) is 0 Å². The lowest BCUT2D eigenvalue weighted by atomic mass is 10.2. The molecule has 0 heterocycles. The summed E-state index contributed by atoms with van der Waals surface area (Å²) in [5.74, 6) is -0.281. The van der Waals surface area contributed by atoms with Crippen LogP contribution >= 0.6 is 0 Å². The van der Waals surface area contributed by atoms with Gasteiger partial charge in [0.15, 0.2) is 0 Å². The third-order valence-electron chi connectivity index (χ3n) is 3.04. The summed E-state index contributed by atoms with van der Waals surface area (Å²) in [7, 11) is 1.74. The van der Waals surface area contributed by atoms with Crippen LogP contribution in [0.25, 0.3) is 0 Å². The largest absolute Gasteiger partial charge is 0.399 e. The van der Waals surface area contributed by atoms with E-state index >= 15 is 0 Å². The normalized spacial score (nSPS) is 12.3. The molecule has 0 aliphatic rings. The maximum Gasteiger partial charge on any atom is 0.241 e. The highest BCUT2D eigenvalue weighted by Crippen LogP contribution is 2.12. The zero-order valence-corrected chi connectivity index (χ0v) is 13.0. The van der Waals surface area contributed by atoms with E-state index in [1.165, 1.54) is 0 Å². The number of nitrogen functional groups attached to an aromatic ring is 1. The third-order valence-corrected chi connectivity index (χ3v) is 3.04. The Hall–Kier alpha value is -2.08. The Morgan fingerprint density at radius 1 is 1.29 bits per heavy atom. The number of rotatable bonds is 6. The molecule has 6 nitrogen and oxygen atoms in total. The van der Waals surface area contributed by atoms with Crippen LogP contribution in [-0.2, 0) is 9.59 Å². The lowest BCUT2D eigenvalue weighted by Crippen LogP contribution is -2.45. The molecule has 0 aliphatic heterocycles. The number of anilines is 2. The molecule has 1 aromatic carbocycles. The Bertz CT molecular complexity index is 502. The topological polar surface area (TPSA) is 87.5 Å². The van der Waals surface area contributed by atoms with Crippen molar-refractivity contribution in [3.8, 4) is 0 Å². The maximum absolute atomic E-state index is 12.1. The summed E-state index contributed by atoms with van der Waals surface area (Å²) in [5.41, 5.74) is 6.90. The van der Waals surface area contributed by atoms with Gasteiger partial charge >= 0.3 is 0 Å². The van der Waals surface area contributed by atoms with Gasteiger partial charge in [-0.15, -0.1) is 0 Å². The van der Waals surface area contributed by atoms with Crippen LogP contribution in [-0.4, -0.2) is 42.4 Å². The number of nitrogens with two attached hydrogens (primary N) is 1. The lowest BCUT2D eigenvalue weighted by molar-refractivity contribution is -0.125. The van der Waals surface area contributed by atoms with Crippen molar-refractivity contribution in [2.75, 3.05) is 24.6 Å². The molecule has 0 saturated heterocycles. The Morgan fingerprint density at radius 3 is 2.52 bits per heavy atom. The number of hydrogen-bond donors (Lipinski definition) is 3. The van der Waals surface area contributed by atoms with Crippen LogP contribution in [0.1, 0.15) is 20.8 Å². The smallest absolute Gasteiger partial charge is 0.241 e. The third kappa shape index (κ3) is 5.83. The summed E-state index contributed by atoms with van der Waals surface area (Å²) < 4.78 is 0. The fourth-order valence-corrected chi connectivity index (χ4v) is 1.79. The van der Waals surface area contributed by atoms with E-state index in [2.05, 4.69) is 10.6 Å². The number of benzene rings is 1. The van der Waals surface area contributed by atoms with E-state index in [1.54, 1.807) is 43.1 Å². The molecule has 0 aromatic heterocycles. The second-order valence-electron chi connectivity index (χ2n) is 5.43. The van der Waals surface area contributed by atoms with Crippen LogP contribution in [0.3, 0.4) is 0 Å². The van der Waals surface area contributed by atoms with Crippen molar-refractivity contribution in [2.45, 2.75) is 32.9 Å². The molecule has 0 radical (unpaired) electrons. The number of likely N-dealkylation sites (N-methyl/N-ethyl adjacent to an activating group) is 1. The molecule has 0 fully saturated rings. The van der Waals surface area contributed by atoms with Gasteiger partial charge in [0.25, 0.3) is 0 Å². The Balaban J connectivity index is 2.55. The standard InChI is InChI=1S/C15H24N4O2/c1-10(2)17-14(20)9-19(4)11(3)15(21)18-13-7-5-6-12(16)8-13/h5-8,10-11H,9,16H2,1-4H3,(H,17,20)(H,18,21). The minimum Gasteiger partial charge on any atom is -0.399 e. The second-order valence-corrected chi connectivity index (χ2v) is 5.43. The predicted octanol–water partition coefficient (Wildman–Crippen LogP) is 1.05. The van der Waals surface area contributed by atoms with Gasteiger partial charge in [-0.25, -0.2) is 0 Å².